The molecule has 0 aromatic carbocycles. The van der Waals surface area contributed by atoms with Gasteiger partial charge in [-0.15, -0.1) is 5.10 Å². The summed E-state index contributed by atoms with van der Waals surface area (Å²) in [5, 5.41) is 10.7. The van der Waals surface area contributed by atoms with Crippen LogP contribution < -0.4 is 0 Å². The van der Waals surface area contributed by atoms with Gasteiger partial charge in [-0.2, -0.15) is 0 Å². The van der Waals surface area contributed by atoms with Crippen molar-refractivity contribution in [3.63, 3.8) is 0 Å². The van der Waals surface area contributed by atoms with Gasteiger partial charge in [-0.25, -0.2) is 4.68 Å². The van der Waals surface area contributed by atoms with Crippen LogP contribution in [0.15, 0.2) is 6.33 Å². The molecule has 1 rings (SSSR count). The molecule has 6 nitrogen and oxygen atoms in total. The fourth-order valence-corrected chi connectivity index (χ4v) is 0.852. The van der Waals surface area contributed by atoms with Gasteiger partial charge in [-0.3, -0.25) is 0 Å². The third-order valence-electron chi connectivity index (χ3n) is 1.51. The summed E-state index contributed by atoms with van der Waals surface area (Å²) in [6, 6.07) is 0. The van der Waals surface area contributed by atoms with Crippen LogP contribution in [-0.4, -0.2) is 40.7 Å². The van der Waals surface area contributed by atoms with E-state index in [2.05, 4.69) is 15.5 Å². The summed E-state index contributed by atoms with van der Waals surface area (Å²) >= 11 is 0. The third kappa shape index (κ3) is 2.55. The van der Waals surface area contributed by atoms with E-state index < -0.39 is 0 Å². The number of nitrogens with zero attached hydrogens (tertiary/aromatic N) is 4. The van der Waals surface area contributed by atoms with Gasteiger partial charge in [-0.05, 0) is 10.4 Å². The van der Waals surface area contributed by atoms with Crippen LogP contribution in [0, 0.1) is 0 Å². The predicted molar refractivity (Wildman–Crippen MR) is 40.2 cm³/mol. The smallest absolute Gasteiger partial charge is 0.158 e. The van der Waals surface area contributed by atoms with Gasteiger partial charge in [0.25, 0.3) is 0 Å². The summed E-state index contributed by atoms with van der Waals surface area (Å²) in [7, 11) is 3.21. The Labute approximate surface area is 70.5 Å². The highest BCUT2D eigenvalue weighted by molar-refractivity contribution is 4.49. The van der Waals surface area contributed by atoms with Crippen LogP contribution in [0.1, 0.15) is 6.42 Å². The Balaban J connectivity index is 2.25. The first-order valence-electron chi connectivity index (χ1n) is 3.63. The Kier molecular flexibility index (Phi) is 3.62. The molecule has 1 aromatic rings. The second-order valence-electron chi connectivity index (χ2n) is 2.26. The lowest BCUT2D eigenvalue weighted by molar-refractivity contribution is -0.108. The van der Waals surface area contributed by atoms with Crippen LogP contribution in [0.4, 0.5) is 0 Å². The average Bonchev–Trinajstić information content (AvgIpc) is 2.59. The maximum atomic E-state index is 4.99. The molecule has 0 unspecified atom stereocenters. The van der Waals surface area contributed by atoms with E-state index in [9.17, 15) is 0 Å². The highest BCUT2D eigenvalue weighted by atomic mass is 16.7. The van der Waals surface area contributed by atoms with Crippen LogP contribution in [-0.2, 0) is 16.0 Å². The standard InChI is InChI=1S/C6H12N4O2/c1-11-6(12-2)3-4-10-5-7-8-9-10/h5-6H,3-4H2,1-2H3. The van der Waals surface area contributed by atoms with E-state index in [1.807, 2.05) is 0 Å². The maximum Gasteiger partial charge on any atom is 0.158 e. The summed E-state index contributed by atoms with van der Waals surface area (Å²) in [4.78, 5) is 0. The summed E-state index contributed by atoms with van der Waals surface area (Å²) in [5.74, 6) is 0. The molecule has 6 heteroatoms. The van der Waals surface area contributed by atoms with E-state index in [-0.39, 0.29) is 6.29 Å². The van der Waals surface area contributed by atoms with Crippen LogP contribution in [0.2, 0.25) is 0 Å². The molecule has 0 bridgehead atoms. The highest BCUT2D eigenvalue weighted by Crippen LogP contribution is 1.98. The van der Waals surface area contributed by atoms with Gasteiger partial charge in [0, 0.05) is 27.2 Å². The lowest BCUT2D eigenvalue weighted by atomic mass is 10.4. The fraction of sp³-hybridized carbons (Fsp3) is 0.833. The lowest BCUT2D eigenvalue weighted by Crippen LogP contribution is -2.16. The molecule has 1 heterocycles. The molecule has 0 aliphatic rings. The summed E-state index contributed by atoms with van der Waals surface area (Å²) in [5.41, 5.74) is 0. The molecular weight excluding hydrogens is 160 g/mol. The first kappa shape index (κ1) is 9.08. The van der Waals surface area contributed by atoms with Crippen LogP contribution in [0.3, 0.4) is 0 Å². The Morgan fingerprint density at radius 2 is 2.17 bits per heavy atom. The second kappa shape index (κ2) is 4.78. The van der Waals surface area contributed by atoms with E-state index in [4.69, 9.17) is 9.47 Å². The van der Waals surface area contributed by atoms with E-state index in [0.717, 1.165) is 6.42 Å². The van der Waals surface area contributed by atoms with Crippen molar-refractivity contribution in [3.8, 4) is 0 Å². The zero-order valence-corrected chi connectivity index (χ0v) is 7.17. The molecule has 0 aliphatic heterocycles. The van der Waals surface area contributed by atoms with Gasteiger partial charge in [0.1, 0.15) is 6.33 Å². The van der Waals surface area contributed by atoms with Gasteiger partial charge in [0.2, 0.25) is 0 Å². The monoisotopic (exact) mass is 172 g/mol. The van der Waals surface area contributed by atoms with Crippen molar-refractivity contribution < 1.29 is 9.47 Å². The van der Waals surface area contributed by atoms with E-state index in [1.54, 1.807) is 25.2 Å². The van der Waals surface area contributed by atoms with Gasteiger partial charge in [-0.1, -0.05) is 0 Å². The lowest BCUT2D eigenvalue weighted by Gasteiger charge is -2.11. The minimum absolute atomic E-state index is 0.186. The number of hydrogen-bond donors (Lipinski definition) is 0. The number of aryl methyl sites for hydroxylation is 1. The van der Waals surface area contributed by atoms with Crippen molar-refractivity contribution in [1.82, 2.24) is 20.2 Å². The molecule has 0 amide bonds. The minimum atomic E-state index is -0.186. The molecule has 1 aromatic heterocycles. The van der Waals surface area contributed by atoms with Crippen molar-refractivity contribution in [2.24, 2.45) is 0 Å². The Bertz CT molecular complexity index is 197. The molecule has 0 spiro atoms. The molecule has 0 saturated carbocycles. The molecule has 68 valence electrons. The van der Waals surface area contributed by atoms with Crippen molar-refractivity contribution in [3.05, 3.63) is 6.33 Å². The topological polar surface area (TPSA) is 62.1 Å². The number of aromatic nitrogens is 4. The van der Waals surface area contributed by atoms with Crippen molar-refractivity contribution in [2.75, 3.05) is 14.2 Å². The summed E-state index contributed by atoms with van der Waals surface area (Å²) in [6.45, 7) is 0.694. The molecule has 0 radical (unpaired) electrons. The zero-order chi connectivity index (χ0) is 8.81. The first-order valence-corrected chi connectivity index (χ1v) is 3.63. The maximum absolute atomic E-state index is 4.99. The summed E-state index contributed by atoms with van der Waals surface area (Å²) < 4.78 is 11.6. The predicted octanol–water partition coefficient (Wildman–Crippen LogP) is -0.318. The number of ether oxygens (including phenoxy) is 2. The van der Waals surface area contributed by atoms with Crippen molar-refractivity contribution in [2.45, 2.75) is 19.3 Å². The van der Waals surface area contributed by atoms with Crippen LogP contribution >= 0.6 is 0 Å². The van der Waals surface area contributed by atoms with Crippen molar-refractivity contribution in [1.29, 1.82) is 0 Å². The SMILES string of the molecule is COC(CCn1cnnn1)OC. The Hall–Kier alpha value is -1.01. The molecular formula is C6H12N4O2. The molecule has 0 saturated heterocycles. The third-order valence-corrected chi connectivity index (χ3v) is 1.51. The minimum Gasteiger partial charge on any atom is -0.356 e. The van der Waals surface area contributed by atoms with Gasteiger partial charge >= 0.3 is 0 Å². The molecule has 12 heavy (non-hydrogen) atoms. The number of hydrogen-bond acceptors (Lipinski definition) is 5. The van der Waals surface area contributed by atoms with E-state index >= 15 is 0 Å². The van der Waals surface area contributed by atoms with Crippen LogP contribution in [0.5, 0.6) is 0 Å². The van der Waals surface area contributed by atoms with E-state index in [1.165, 1.54) is 0 Å². The van der Waals surface area contributed by atoms with Crippen LogP contribution in [0.25, 0.3) is 0 Å². The normalized spacial score (nSPS) is 10.9. The van der Waals surface area contributed by atoms with Gasteiger partial charge in [0.15, 0.2) is 6.29 Å². The first-order chi connectivity index (χ1) is 5.86. The van der Waals surface area contributed by atoms with E-state index in [0.29, 0.717) is 6.54 Å². The molecule has 0 N–H and O–H groups in total. The Morgan fingerprint density at radius 3 is 2.67 bits per heavy atom. The second-order valence-corrected chi connectivity index (χ2v) is 2.26. The fourth-order valence-electron chi connectivity index (χ4n) is 0.852. The number of tetrazole rings is 1. The quantitative estimate of drug-likeness (QED) is 0.570. The van der Waals surface area contributed by atoms with Gasteiger partial charge in [0.05, 0.1) is 0 Å². The number of methoxy groups -OCH3 is 2. The average molecular weight is 172 g/mol. The summed E-state index contributed by atoms with van der Waals surface area (Å²) in [6.07, 6.45) is 2.11. The molecule has 0 aliphatic carbocycles. The Morgan fingerprint density at radius 1 is 1.42 bits per heavy atom. The molecule has 0 fully saturated rings. The van der Waals surface area contributed by atoms with Gasteiger partial charge < -0.3 is 9.47 Å². The highest BCUT2D eigenvalue weighted by Gasteiger charge is 2.04. The number of rotatable bonds is 5. The largest absolute Gasteiger partial charge is 0.356 e. The van der Waals surface area contributed by atoms with Crippen molar-refractivity contribution >= 4 is 0 Å². The molecule has 0 atom stereocenters. The zero-order valence-electron chi connectivity index (χ0n) is 7.17.